The number of guanidine groups is 1. The summed E-state index contributed by atoms with van der Waals surface area (Å²) in [6, 6.07) is 3.81. The Morgan fingerprint density at radius 1 is 1.35 bits per heavy atom. The van der Waals surface area contributed by atoms with E-state index in [1.54, 1.807) is 6.92 Å². The maximum Gasteiger partial charge on any atom is 0.416 e. The number of hydrogen-bond donors (Lipinski definition) is 1. The maximum absolute atomic E-state index is 12.5. The number of rotatable bonds is 2. The Kier molecular flexibility index (Phi) is 5.67. The van der Waals surface area contributed by atoms with Crippen LogP contribution in [0, 0.1) is 6.92 Å². The van der Waals surface area contributed by atoms with Crippen LogP contribution in [-0.2, 0) is 12.7 Å². The van der Waals surface area contributed by atoms with Gasteiger partial charge in [-0.05, 0) is 30.2 Å². The third kappa shape index (κ3) is 4.00. The van der Waals surface area contributed by atoms with Gasteiger partial charge in [-0.2, -0.15) is 13.2 Å². The molecule has 0 saturated heterocycles. The summed E-state index contributed by atoms with van der Waals surface area (Å²) < 4.78 is 37.6. The molecule has 1 aliphatic rings. The molecule has 0 spiro atoms. The van der Waals surface area contributed by atoms with Crippen molar-refractivity contribution in [2.75, 3.05) is 20.1 Å². The number of benzene rings is 1. The molecule has 112 valence electrons. The molecule has 3 nitrogen and oxygen atoms in total. The van der Waals surface area contributed by atoms with Gasteiger partial charge in [0.25, 0.3) is 0 Å². The van der Waals surface area contributed by atoms with Crippen LogP contribution >= 0.6 is 24.0 Å². The van der Waals surface area contributed by atoms with Crippen LogP contribution in [-0.4, -0.2) is 31.0 Å². The molecule has 1 aromatic rings. The fourth-order valence-corrected chi connectivity index (χ4v) is 1.97. The van der Waals surface area contributed by atoms with Crippen molar-refractivity contribution in [3.8, 4) is 0 Å². The van der Waals surface area contributed by atoms with E-state index in [4.69, 9.17) is 0 Å². The molecule has 0 saturated carbocycles. The Hall–Kier alpha value is -0.990. The molecular formula is C13H17F3IN3. The lowest BCUT2D eigenvalue weighted by Crippen LogP contribution is -2.35. The monoisotopic (exact) mass is 399 g/mol. The van der Waals surface area contributed by atoms with E-state index in [0.717, 1.165) is 30.7 Å². The number of halogens is 4. The van der Waals surface area contributed by atoms with E-state index in [1.165, 1.54) is 12.1 Å². The van der Waals surface area contributed by atoms with E-state index in [9.17, 15) is 13.2 Å². The summed E-state index contributed by atoms with van der Waals surface area (Å²) in [5.41, 5.74) is 0.864. The Balaban J connectivity index is 0.00000200. The number of likely N-dealkylation sites (N-methyl/N-ethyl adjacent to an activating group) is 1. The molecule has 0 aliphatic carbocycles. The van der Waals surface area contributed by atoms with Gasteiger partial charge in [-0.1, -0.05) is 6.07 Å². The average molecular weight is 399 g/mol. The van der Waals surface area contributed by atoms with Crippen LogP contribution in [0.1, 0.15) is 16.7 Å². The molecule has 0 atom stereocenters. The van der Waals surface area contributed by atoms with Crippen LogP contribution in [0.15, 0.2) is 23.2 Å². The molecular weight excluding hydrogens is 382 g/mol. The summed E-state index contributed by atoms with van der Waals surface area (Å²) in [5, 5.41) is 3.14. The van der Waals surface area contributed by atoms with Crippen LogP contribution in [0.4, 0.5) is 13.2 Å². The van der Waals surface area contributed by atoms with E-state index in [2.05, 4.69) is 10.3 Å². The number of hydrogen-bond acceptors (Lipinski definition) is 3. The summed E-state index contributed by atoms with van der Waals surface area (Å²) in [5.74, 6) is 0.791. The van der Waals surface area contributed by atoms with Crippen molar-refractivity contribution < 1.29 is 13.2 Å². The van der Waals surface area contributed by atoms with Crippen molar-refractivity contribution in [2.45, 2.75) is 19.6 Å². The van der Waals surface area contributed by atoms with Gasteiger partial charge in [0.05, 0.1) is 12.1 Å². The second kappa shape index (κ2) is 6.64. The van der Waals surface area contributed by atoms with Gasteiger partial charge in [-0.15, -0.1) is 24.0 Å². The van der Waals surface area contributed by atoms with E-state index >= 15 is 0 Å². The lowest BCUT2D eigenvalue weighted by molar-refractivity contribution is -0.137. The minimum Gasteiger partial charge on any atom is -0.352 e. The van der Waals surface area contributed by atoms with E-state index in [-0.39, 0.29) is 24.0 Å². The second-order valence-corrected chi connectivity index (χ2v) is 4.62. The molecule has 1 aromatic carbocycles. The predicted molar refractivity (Wildman–Crippen MR) is 83.4 cm³/mol. The molecule has 0 bridgehead atoms. The number of aliphatic imine (C=N–C) groups is 1. The second-order valence-electron chi connectivity index (χ2n) is 4.62. The van der Waals surface area contributed by atoms with E-state index in [1.807, 2.05) is 11.9 Å². The fraction of sp³-hybridized carbons (Fsp3) is 0.462. The predicted octanol–water partition coefficient (Wildman–Crippen LogP) is 3.02. The van der Waals surface area contributed by atoms with Gasteiger partial charge < -0.3 is 10.2 Å². The highest BCUT2D eigenvalue weighted by atomic mass is 127. The molecule has 0 radical (unpaired) electrons. The number of nitrogens with zero attached hydrogens (tertiary/aromatic N) is 2. The normalized spacial score (nSPS) is 14.8. The minimum atomic E-state index is -4.29. The van der Waals surface area contributed by atoms with Crippen LogP contribution in [0.2, 0.25) is 0 Å². The zero-order chi connectivity index (χ0) is 14.0. The Labute approximate surface area is 133 Å². The highest BCUT2D eigenvalue weighted by Gasteiger charge is 2.30. The van der Waals surface area contributed by atoms with Crippen LogP contribution in [0.3, 0.4) is 0 Å². The summed E-state index contributed by atoms with van der Waals surface area (Å²) in [6.07, 6.45) is -4.29. The Morgan fingerprint density at radius 2 is 2.05 bits per heavy atom. The molecule has 7 heteroatoms. The van der Waals surface area contributed by atoms with Crippen LogP contribution in [0.5, 0.6) is 0 Å². The number of alkyl halides is 3. The molecule has 0 amide bonds. The van der Waals surface area contributed by atoms with Gasteiger partial charge in [0, 0.05) is 20.1 Å². The molecule has 0 unspecified atom stereocenters. The van der Waals surface area contributed by atoms with Crippen molar-refractivity contribution in [1.82, 2.24) is 10.2 Å². The molecule has 0 aromatic heterocycles. The quantitative estimate of drug-likeness (QED) is 0.775. The first kappa shape index (κ1) is 17.1. The van der Waals surface area contributed by atoms with Gasteiger partial charge in [-0.25, -0.2) is 0 Å². The summed E-state index contributed by atoms with van der Waals surface area (Å²) >= 11 is 0. The summed E-state index contributed by atoms with van der Waals surface area (Å²) in [7, 11) is 1.93. The Bertz CT molecular complexity index is 500. The van der Waals surface area contributed by atoms with Crippen molar-refractivity contribution in [2.24, 2.45) is 4.99 Å². The van der Waals surface area contributed by atoms with Crippen molar-refractivity contribution in [1.29, 1.82) is 0 Å². The first-order chi connectivity index (χ1) is 8.88. The van der Waals surface area contributed by atoms with Crippen molar-refractivity contribution >= 4 is 29.9 Å². The topological polar surface area (TPSA) is 27.6 Å². The smallest absolute Gasteiger partial charge is 0.352 e. The molecule has 1 aliphatic heterocycles. The molecule has 0 fully saturated rings. The lowest BCUT2D eigenvalue weighted by Gasteiger charge is -2.16. The zero-order valence-corrected chi connectivity index (χ0v) is 13.6. The fourth-order valence-electron chi connectivity index (χ4n) is 1.97. The van der Waals surface area contributed by atoms with E-state index in [0.29, 0.717) is 12.1 Å². The lowest BCUT2D eigenvalue weighted by atomic mass is 10.0. The van der Waals surface area contributed by atoms with Gasteiger partial charge in [0.2, 0.25) is 0 Å². The highest BCUT2D eigenvalue weighted by Crippen LogP contribution is 2.30. The van der Waals surface area contributed by atoms with Gasteiger partial charge in [0.1, 0.15) is 0 Å². The summed E-state index contributed by atoms with van der Waals surface area (Å²) in [6.45, 7) is 3.79. The van der Waals surface area contributed by atoms with Gasteiger partial charge in [0.15, 0.2) is 5.96 Å². The molecule has 20 heavy (non-hydrogen) atoms. The number of nitrogens with one attached hydrogen (secondary N) is 1. The first-order valence-electron chi connectivity index (χ1n) is 6.04. The molecule has 1 N–H and O–H groups in total. The van der Waals surface area contributed by atoms with Gasteiger partial charge >= 0.3 is 6.18 Å². The van der Waals surface area contributed by atoms with Crippen molar-refractivity contribution in [3.05, 3.63) is 34.9 Å². The van der Waals surface area contributed by atoms with E-state index < -0.39 is 11.7 Å². The SMILES string of the molecule is Cc1cc(C(F)(F)F)ccc1CNC1=NCCN1C.I. The average Bonchev–Trinajstić information content (AvgIpc) is 2.72. The third-order valence-electron chi connectivity index (χ3n) is 3.17. The largest absolute Gasteiger partial charge is 0.416 e. The number of aryl methyl sites for hydroxylation is 1. The minimum absolute atomic E-state index is 0. The first-order valence-corrected chi connectivity index (χ1v) is 6.04. The molecule has 2 rings (SSSR count). The zero-order valence-electron chi connectivity index (χ0n) is 11.3. The highest BCUT2D eigenvalue weighted by molar-refractivity contribution is 14.0. The summed E-state index contributed by atoms with van der Waals surface area (Å²) in [4.78, 5) is 6.26. The molecule has 1 heterocycles. The van der Waals surface area contributed by atoms with Gasteiger partial charge in [-0.3, -0.25) is 4.99 Å². The Morgan fingerprint density at radius 3 is 2.55 bits per heavy atom. The van der Waals surface area contributed by atoms with Crippen LogP contribution in [0.25, 0.3) is 0 Å². The maximum atomic E-state index is 12.5. The third-order valence-corrected chi connectivity index (χ3v) is 3.17. The van der Waals surface area contributed by atoms with Crippen molar-refractivity contribution in [3.63, 3.8) is 0 Å². The van der Waals surface area contributed by atoms with Crippen LogP contribution < -0.4 is 5.32 Å². The standard InChI is InChI=1S/C13H16F3N3.HI/c1-9-7-11(13(14,15)16)4-3-10(9)8-18-12-17-5-6-19(12)2;/h3-4,7H,5-6,8H2,1-2H3,(H,17,18);1H.